The van der Waals surface area contributed by atoms with E-state index in [1.807, 2.05) is 43.3 Å². The molecule has 11 heteroatoms. The number of benzene rings is 2. The molecule has 0 saturated carbocycles. The molecule has 0 spiro atoms. The molecule has 4 unspecified atom stereocenters. The first-order chi connectivity index (χ1) is 18.7. The third-order valence-corrected chi connectivity index (χ3v) is 8.45. The minimum atomic E-state index is -2.69. The maximum Gasteiger partial charge on any atom is 0.255 e. The number of aromatic hydroxyl groups is 1. The zero-order chi connectivity index (χ0) is 29.4. The number of hydrogen-bond donors (Lipinski definition) is 6. The summed E-state index contributed by atoms with van der Waals surface area (Å²) in [6.07, 6.45) is 0.184. The highest BCUT2D eigenvalue weighted by Crippen LogP contribution is 2.53. The summed E-state index contributed by atoms with van der Waals surface area (Å²) in [4.78, 5) is 42.9. The van der Waals surface area contributed by atoms with Crippen molar-refractivity contribution >= 4 is 28.8 Å². The summed E-state index contributed by atoms with van der Waals surface area (Å²) in [6.45, 7) is 0. The van der Waals surface area contributed by atoms with Crippen molar-refractivity contribution in [2.75, 3.05) is 38.8 Å². The van der Waals surface area contributed by atoms with E-state index in [4.69, 9.17) is 11.5 Å². The van der Waals surface area contributed by atoms with Crippen molar-refractivity contribution in [3.8, 4) is 16.9 Å². The summed E-state index contributed by atoms with van der Waals surface area (Å²) in [5.41, 5.74) is 10.4. The molecule has 3 aliphatic rings. The number of likely N-dealkylation sites (N-methyl/N-ethyl adjacent to an activating group) is 1. The van der Waals surface area contributed by atoms with Crippen LogP contribution in [0.25, 0.3) is 11.1 Å². The number of phenols is 1. The molecule has 0 bridgehead atoms. The molecule has 0 radical (unpaired) electrons. The molecular formula is C29H32N4O7. The molecule has 2 aromatic rings. The molecule has 4 atom stereocenters. The number of carbonyl (C=O) groups is 3. The normalized spacial score (nSPS) is 26.0. The van der Waals surface area contributed by atoms with E-state index >= 15 is 0 Å². The molecule has 40 heavy (non-hydrogen) atoms. The van der Waals surface area contributed by atoms with Gasteiger partial charge >= 0.3 is 0 Å². The van der Waals surface area contributed by atoms with Crippen molar-refractivity contribution in [1.29, 1.82) is 0 Å². The van der Waals surface area contributed by atoms with Gasteiger partial charge in [-0.05, 0) is 67.7 Å². The molecule has 0 heterocycles. The van der Waals surface area contributed by atoms with Crippen molar-refractivity contribution < 1.29 is 34.8 Å². The summed E-state index contributed by atoms with van der Waals surface area (Å²) < 4.78 is 0. The van der Waals surface area contributed by atoms with Crippen LogP contribution in [0, 0.1) is 11.8 Å². The molecule has 0 aliphatic heterocycles. The largest absolute Gasteiger partial charge is 0.510 e. The first kappa shape index (κ1) is 27.2. The molecule has 0 saturated heterocycles. The van der Waals surface area contributed by atoms with Gasteiger partial charge in [0.25, 0.3) is 5.91 Å². The second kappa shape index (κ2) is 9.10. The van der Waals surface area contributed by atoms with Gasteiger partial charge in [0, 0.05) is 31.3 Å². The Kier molecular flexibility index (Phi) is 6.20. The van der Waals surface area contributed by atoms with Gasteiger partial charge in [-0.2, -0.15) is 0 Å². The fourth-order valence-corrected chi connectivity index (χ4v) is 6.54. The zero-order valence-corrected chi connectivity index (χ0v) is 22.6. The molecular weight excluding hydrogens is 516 g/mol. The van der Waals surface area contributed by atoms with E-state index < -0.39 is 63.8 Å². The van der Waals surface area contributed by atoms with Gasteiger partial charge in [-0.25, -0.2) is 0 Å². The number of primary amides is 1. The predicted molar refractivity (Wildman–Crippen MR) is 148 cm³/mol. The highest BCUT2D eigenvalue weighted by molar-refractivity contribution is 6.25. The molecule has 11 nitrogen and oxygen atoms in total. The number of nitrogen functional groups attached to an aromatic ring is 1. The molecule has 0 fully saturated rings. The van der Waals surface area contributed by atoms with Crippen molar-refractivity contribution in [3.63, 3.8) is 0 Å². The topological polar surface area (TPSA) is 191 Å². The minimum absolute atomic E-state index is 0.00983. The summed E-state index contributed by atoms with van der Waals surface area (Å²) in [5, 5.41) is 45.0. The monoisotopic (exact) mass is 548 g/mol. The number of allylic oxidation sites excluding steroid dienone is 1. The van der Waals surface area contributed by atoms with Crippen LogP contribution in [0.5, 0.6) is 5.75 Å². The summed E-state index contributed by atoms with van der Waals surface area (Å²) in [5.74, 6) is -7.07. The molecule has 1 amide bonds. The van der Waals surface area contributed by atoms with E-state index in [9.17, 15) is 34.8 Å². The van der Waals surface area contributed by atoms with E-state index in [0.717, 1.165) is 11.3 Å². The number of anilines is 2. The van der Waals surface area contributed by atoms with Gasteiger partial charge in [0.05, 0.1) is 17.3 Å². The standard InChI is InChI=1S/C29H32N4O7/c1-32(2)14-7-5-12(6-8-14)15-11-18(30)23(34)20-16(15)9-13-10-17-22(33(3)4)25(36)21(28(31)39)27(38)29(17,40)26(37)19(13)24(20)35/h5-8,11,13,17,22,34,36-37,40H,9-10,30H2,1-4H3,(H2,31,39). The smallest absolute Gasteiger partial charge is 0.255 e. The average Bonchev–Trinajstić information content (AvgIpc) is 2.88. The Morgan fingerprint density at radius 1 is 1.05 bits per heavy atom. The van der Waals surface area contributed by atoms with E-state index in [2.05, 4.69) is 0 Å². The predicted octanol–water partition coefficient (Wildman–Crippen LogP) is 1.44. The maximum absolute atomic E-state index is 14.0. The van der Waals surface area contributed by atoms with Crippen LogP contribution in [0.2, 0.25) is 0 Å². The average molecular weight is 549 g/mol. The van der Waals surface area contributed by atoms with E-state index in [-0.39, 0.29) is 29.7 Å². The number of nitrogens with zero attached hydrogens (tertiary/aromatic N) is 2. The van der Waals surface area contributed by atoms with Crippen molar-refractivity contribution in [1.82, 2.24) is 4.90 Å². The fourth-order valence-electron chi connectivity index (χ4n) is 6.54. The quantitative estimate of drug-likeness (QED) is 0.185. The summed E-state index contributed by atoms with van der Waals surface area (Å²) in [7, 11) is 7.00. The second-order valence-corrected chi connectivity index (χ2v) is 11.1. The molecule has 2 aromatic carbocycles. The number of hydrogen-bond acceptors (Lipinski definition) is 10. The Balaban J connectivity index is 1.72. The third-order valence-electron chi connectivity index (χ3n) is 8.45. The van der Waals surface area contributed by atoms with Gasteiger partial charge in [0.1, 0.15) is 22.8 Å². The Hall–Kier alpha value is -4.35. The summed E-state index contributed by atoms with van der Waals surface area (Å²) in [6, 6.07) is 8.13. The lowest BCUT2D eigenvalue weighted by Crippen LogP contribution is -2.63. The van der Waals surface area contributed by atoms with Crippen LogP contribution in [-0.2, 0) is 16.0 Å². The van der Waals surface area contributed by atoms with E-state index in [0.29, 0.717) is 11.1 Å². The van der Waals surface area contributed by atoms with Gasteiger partial charge in [-0.15, -0.1) is 0 Å². The number of phenolic OH excluding ortho intramolecular Hbond substituents is 1. The van der Waals surface area contributed by atoms with Crippen LogP contribution in [-0.4, -0.2) is 82.6 Å². The first-order valence-electron chi connectivity index (χ1n) is 12.8. The van der Waals surface area contributed by atoms with Crippen LogP contribution in [0.4, 0.5) is 11.4 Å². The first-order valence-corrected chi connectivity index (χ1v) is 12.8. The number of ketones is 2. The third kappa shape index (κ3) is 3.61. The Morgan fingerprint density at radius 2 is 1.68 bits per heavy atom. The minimum Gasteiger partial charge on any atom is -0.510 e. The molecule has 3 aliphatic carbocycles. The highest BCUT2D eigenvalue weighted by atomic mass is 16.3. The zero-order valence-electron chi connectivity index (χ0n) is 22.6. The molecule has 210 valence electrons. The van der Waals surface area contributed by atoms with Crippen LogP contribution in [0.1, 0.15) is 22.3 Å². The Bertz CT molecular complexity index is 1540. The number of aliphatic hydroxyl groups is 3. The van der Waals surface area contributed by atoms with Crippen LogP contribution in [0.3, 0.4) is 0 Å². The van der Waals surface area contributed by atoms with Crippen LogP contribution in [0.15, 0.2) is 53.0 Å². The number of fused-ring (bicyclic) bond motifs is 3. The van der Waals surface area contributed by atoms with Gasteiger partial charge in [-0.3, -0.25) is 19.3 Å². The van der Waals surface area contributed by atoms with Gasteiger partial charge in [0.2, 0.25) is 5.78 Å². The number of rotatable bonds is 4. The lowest BCUT2D eigenvalue weighted by molar-refractivity contribution is -0.148. The van der Waals surface area contributed by atoms with Crippen molar-refractivity contribution in [2.45, 2.75) is 24.5 Å². The molecule has 8 N–H and O–H groups in total. The number of carbonyl (C=O) groups excluding carboxylic acids is 3. The number of nitrogens with two attached hydrogens (primary N) is 2. The molecule has 0 aromatic heterocycles. The van der Waals surface area contributed by atoms with Gasteiger partial charge in [0.15, 0.2) is 11.4 Å². The van der Waals surface area contributed by atoms with Crippen LogP contribution >= 0.6 is 0 Å². The SMILES string of the molecule is CN(C)c1ccc(-c2cc(N)c(O)c3c2CC2CC4C(N(C)C)C(O)=C(C(N)=O)C(=O)C4(O)C(O)=C2C3=O)cc1. The number of Topliss-reactive ketones (excluding diaryl/α,β-unsaturated/α-hetero) is 2. The van der Waals surface area contributed by atoms with Crippen molar-refractivity contribution in [3.05, 3.63) is 64.1 Å². The van der Waals surface area contributed by atoms with E-state index in [1.54, 1.807) is 20.2 Å². The van der Waals surface area contributed by atoms with Gasteiger partial charge < -0.3 is 36.8 Å². The van der Waals surface area contributed by atoms with Crippen molar-refractivity contribution in [2.24, 2.45) is 17.6 Å². The number of amides is 1. The van der Waals surface area contributed by atoms with E-state index in [1.165, 1.54) is 4.90 Å². The second-order valence-electron chi connectivity index (χ2n) is 11.1. The lowest BCUT2D eigenvalue weighted by Gasteiger charge is -2.50. The fraction of sp³-hybridized carbons (Fsp3) is 0.345. The Morgan fingerprint density at radius 3 is 2.23 bits per heavy atom. The highest BCUT2D eigenvalue weighted by Gasteiger charge is 2.63. The maximum atomic E-state index is 14.0. The summed E-state index contributed by atoms with van der Waals surface area (Å²) >= 11 is 0. The molecule has 5 rings (SSSR count). The van der Waals surface area contributed by atoms with Gasteiger partial charge in [-0.1, -0.05) is 12.1 Å². The Labute approximate surface area is 230 Å². The van der Waals surface area contributed by atoms with Crippen LogP contribution < -0.4 is 16.4 Å². The lowest BCUT2D eigenvalue weighted by atomic mass is 9.58. The number of aliphatic hydroxyl groups excluding tert-OH is 2.